The molecule has 128 valence electrons. The number of hydrogen-bond acceptors (Lipinski definition) is 4. The quantitative estimate of drug-likeness (QED) is 0.895. The van der Waals surface area contributed by atoms with Gasteiger partial charge in [-0.1, -0.05) is 30.9 Å². The van der Waals surface area contributed by atoms with Crippen LogP contribution in [-0.2, 0) is 19.5 Å². The molecule has 2 aliphatic rings. The van der Waals surface area contributed by atoms with Gasteiger partial charge < -0.3 is 4.98 Å². The summed E-state index contributed by atoms with van der Waals surface area (Å²) < 4.78 is 0. The van der Waals surface area contributed by atoms with Gasteiger partial charge in [0.05, 0.1) is 28.2 Å². The van der Waals surface area contributed by atoms with Gasteiger partial charge in [-0.25, -0.2) is 4.98 Å². The molecule has 0 aromatic carbocycles. The first-order valence-corrected chi connectivity index (χ1v) is 9.10. The zero-order chi connectivity index (χ0) is 16.5. The van der Waals surface area contributed by atoms with E-state index >= 15 is 0 Å². The molecule has 0 radical (unpaired) electrons. The van der Waals surface area contributed by atoms with E-state index in [1.54, 1.807) is 6.20 Å². The predicted octanol–water partition coefficient (Wildman–Crippen LogP) is 2.75. The lowest BCUT2D eigenvalue weighted by atomic mass is 9.88. The van der Waals surface area contributed by atoms with Crippen LogP contribution in [0.25, 0.3) is 0 Å². The molecule has 2 N–H and O–H groups in total. The van der Waals surface area contributed by atoms with Gasteiger partial charge in [0.25, 0.3) is 5.56 Å². The Hall–Kier alpha value is -1.66. The molecule has 4 rings (SSSR count). The Kier molecular flexibility index (Phi) is 4.41. The van der Waals surface area contributed by atoms with Gasteiger partial charge >= 0.3 is 0 Å². The van der Waals surface area contributed by atoms with Crippen LogP contribution < -0.4 is 5.56 Å². The molecule has 2 aromatic heterocycles. The van der Waals surface area contributed by atoms with E-state index in [-0.39, 0.29) is 5.56 Å². The van der Waals surface area contributed by atoms with E-state index in [0.29, 0.717) is 24.0 Å². The van der Waals surface area contributed by atoms with Gasteiger partial charge in [0, 0.05) is 32.0 Å². The van der Waals surface area contributed by atoms with Crippen molar-refractivity contribution in [3.8, 4) is 0 Å². The SMILES string of the molecule is O=c1[nH]c(C2CCCCC2)nc2c1CN(Cc1[nH]ncc1Cl)CC2. The normalized spacial score (nSPS) is 19.4. The Morgan fingerprint density at radius 2 is 2.12 bits per heavy atom. The maximum Gasteiger partial charge on any atom is 0.255 e. The highest BCUT2D eigenvalue weighted by molar-refractivity contribution is 6.31. The molecule has 2 aromatic rings. The molecule has 24 heavy (non-hydrogen) atoms. The van der Waals surface area contributed by atoms with E-state index in [1.807, 2.05) is 0 Å². The monoisotopic (exact) mass is 347 g/mol. The van der Waals surface area contributed by atoms with Gasteiger partial charge in [-0.3, -0.25) is 14.8 Å². The topological polar surface area (TPSA) is 77.7 Å². The zero-order valence-corrected chi connectivity index (χ0v) is 14.4. The van der Waals surface area contributed by atoms with Crippen LogP contribution in [0.4, 0.5) is 0 Å². The highest BCUT2D eigenvalue weighted by atomic mass is 35.5. The molecule has 1 aliphatic carbocycles. The minimum Gasteiger partial charge on any atom is -0.310 e. The molecule has 1 saturated carbocycles. The first kappa shape index (κ1) is 15.8. The second-order valence-corrected chi connectivity index (χ2v) is 7.28. The molecular weight excluding hydrogens is 326 g/mol. The van der Waals surface area contributed by atoms with Crippen LogP contribution >= 0.6 is 11.6 Å². The smallest absolute Gasteiger partial charge is 0.255 e. The minimum absolute atomic E-state index is 0.0287. The molecule has 6 nitrogen and oxygen atoms in total. The Bertz CT molecular complexity index is 778. The van der Waals surface area contributed by atoms with Crippen LogP contribution in [0.3, 0.4) is 0 Å². The number of nitrogens with zero attached hydrogens (tertiary/aromatic N) is 3. The van der Waals surface area contributed by atoms with Gasteiger partial charge in [-0.05, 0) is 12.8 Å². The standard InChI is InChI=1S/C17H22ClN5O/c18-13-8-19-22-15(13)10-23-7-6-14-12(9-23)17(24)21-16(20-14)11-4-2-1-3-5-11/h8,11H,1-7,9-10H2,(H,19,22)(H,20,21,24). The Morgan fingerprint density at radius 1 is 1.29 bits per heavy atom. The summed E-state index contributed by atoms with van der Waals surface area (Å²) in [6.45, 7) is 2.16. The molecule has 7 heteroatoms. The summed E-state index contributed by atoms with van der Waals surface area (Å²) in [6.07, 6.45) is 8.49. The van der Waals surface area contributed by atoms with Crippen molar-refractivity contribution in [2.24, 2.45) is 0 Å². The Morgan fingerprint density at radius 3 is 2.88 bits per heavy atom. The van der Waals surface area contributed by atoms with Gasteiger partial charge in [-0.15, -0.1) is 0 Å². The third-order valence-corrected chi connectivity index (χ3v) is 5.53. The predicted molar refractivity (Wildman–Crippen MR) is 92.1 cm³/mol. The number of halogens is 1. The third kappa shape index (κ3) is 3.13. The Balaban J connectivity index is 1.53. The van der Waals surface area contributed by atoms with Crippen LogP contribution in [0.15, 0.2) is 11.0 Å². The van der Waals surface area contributed by atoms with E-state index in [9.17, 15) is 4.79 Å². The summed E-state index contributed by atoms with van der Waals surface area (Å²) in [4.78, 5) is 22.7. The van der Waals surface area contributed by atoms with Gasteiger partial charge in [0.15, 0.2) is 0 Å². The molecule has 1 aliphatic heterocycles. The fraction of sp³-hybridized carbons (Fsp3) is 0.588. The first-order valence-electron chi connectivity index (χ1n) is 8.73. The number of aromatic nitrogens is 4. The summed E-state index contributed by atoms with van der Waals surface area (Å²) in [5, 5.41) is 7.51. The molecule has 0 atom stereocenters. The van der Waals surface area contributed by atoms with Gasteiger partial charge in [0.2, 0.25) is 0 Å². The highest BCUT2D eigenvalue weighted by Gasteiger charge is 2.25. The summed E-state index contributed by atoms with van der Waals surface area (Å²) >= 11 is 6.10. The van der Waals surface area contributed by atoms with Gasteiger partial charge in [-0.2, -0.15) is 5.10 Å². The lowest BCUT2D eigenvalue weighted by molar-refractivity contribution is 0.238. The Labute approximate surface area is 145 Å². The second-order valence-electron chi connectivity index (χ2n) is 6.87. The maximum atomic E-state index is 12.6. The van der Waals surface area contributed by atoms with Crippen molar-refractivity contribution >= 4 is 11.6 Å². The number of hydrogen-bond donors (Lipinski definition) is 2. The van der Waals surface area contributed by atoms with Crippen LogP contribution in [0.5, 0.6) is 0 Å². The van der Waals surface area contributed by atoms with Crippen LogP contribution in [0.2, 0.25) is 5.02 Å². The summed E-state index contributed by atoms with van der Waals surface area (Å²) in [5.41, 5.74) is 2.70. The number of aromatic amines is 2. The van der Waals surface area contributed by atoms with Crippen molar-refractivity contribution in [1.29, 1.82) is 0 Å². The van der Waals surface area contributed by atoms with Crippen molar-refractivity contribution in [2.75, 3.05) is 6.54 Å². The zero-order valence-electron chi connectivity index (χ0n) is 13.6. The first-order chi connectivity index (χ1) is 11.7. The molecule has 3 heterocycles. The van der Waals surface area contributed by atoms with E-state index in [0.717, 1.165) is 48.6 Å². The van der Waals surface area contributed by atoms with E-state index < -0.39 is 0 Å². The van der Waals surface area contributed by atoms with Crippen LogP contribution in [-0.4, -0.2) is 31.6 Å². The third-order valence-electron chi connectivity index (χ3n) is 5.21. The number of fused-ring (bicyclic) bond motifs is 1. The van der Waals surface area contributed by atoms with Crippen molar-refractivity contribution in [1.82, 2.24) is 25.1 Å². The largest absolute Gasteiger partial charge is 0.310 e. The van der Waals surface area contributed by atoms with E-state index in [1.165, 1.54) is 19.3 Å². The molecular formula is C17H22ClN5O. The summed E-state index contributed by atoms with van der Waals surface area (Å²) in [5.74, 6) is 1.34. The summed E-state index contributed by atoms with van der Waals surface area (Å²) in [7, 11) is 0. The molecule has 0 saturated heterocycles. The molecule has 0 unspecified atom stereocenters. The number of rotatable bonds is 3. The summed E-state index contributed by atoms with van der Waals surface area (Å²) in [6, 6.07) is 0. The van der Waals surface area contributed by atoms with Crippen molar-refractivity contribution in [2.45, 2.75) is 57.5 Å². The molecule has 0 spiro atoms. The molecule has 0 bridgehead atoms. The number of H-pyrrole nitrogens is 2. The minimum atomic E-state index is 0.0287. The fourth-order valence-electron chi connectivity index (χ4n) is 3.84. The maximum absolute atomic E-state index is 12.6. The highest BCUT2D eigenvalue weighted by Crippen LogP contribution is 2.30. The van der Waals surface area contributed by atoms with Crippen molar-refractivity contribution in [3.63, 3.8) is 0 Å². The van der Waals surface area contributed by atoms with Crippen molar-refractivity contribution in [3.05, 3.63) is 44.3 Å². The van der Waals surface area contributed by atoms with Crippen molar-refractivity contribution < 1.29 is 0 Å². The molecule has 0 amide bonds. The van der Waals surface area contributed by atoms with Crippen LogP contribution in [0.1, 0.15) is 60.8 Å². The average molecular weight is 348 g/mol. The van der Waals surface area contributed by atoms with Gasteiger partial charge in [0.1, 0.15) is 5.82 Å². The molecule has 1 fully saturated rings. The van der Waals surface area contributed by atoms with E-state index in [2.05, 4.69) is 20.1 Å². The second kappa shape index (κ2) is 6.69. The van der Waals surface area contributed by atoms with Crippen LogP contribution in [0, 0.1) is 0 Å². The lowest BCUT2D eigenvalue weighted by Gasteiger charge is -2.28. The van der Waals surface area contributed by atoms with E-state index in [4.69, 9.17) is 16.6 Å². The lowest BCUT2D eigenvalue weighted by Crippen LogP contribution is -2.36. The average Bonchev–Trinajstić information content (AvgIpc) is 3.01. The number of nitrogens with one attached hydrogen (secondary N) is 2. The fourth-order valence-corrected chi connectivity index (χ4v) is 3.99.